The summed E-state index contributed by atoms with van der Waals surface area (Å²) in [6.07, 6.45) is 0. The molecule has 0 unspecified atom stereocenters. The summed E-state index contributed by atoms with van der Waals surface area (Å²) >= 11 is 1.85. The molecule has 1 fully saturated rings. The Morgan fingerprint density at radius 1 is 1.46 bits per heavy atom. The first kappa shape index (κ1) is 11.0. The summed E-state index contributed by atoms with van der Waals surface area (Å²) in [7, 11) is 0. The van der Waals surface area contributed by atoms with E-state index in [4.69, 9.17) is 0 Å². The molecular formula is C9H15ClN2S. The highest BCUT2D eigenvalue weighted by Gasteiger charge is 2.16. The van der Waals surface area contributed by atoms with Crippen LogP contribution in [0.5, 0.6) is 0 Å². The highest BCUT2D eigenvalue weighted by molar-refractivity contribution is 7.10. The standard InChI is InChI=1S/C9H14N2S.ClH/c1-7-2-5-12-9(7)8-6-10-3-4-11-8;/h2,5,8,10-11H,3-4,6H2,1H3;1H/t8-;/m1./s1. The van der Waals surface area contributed by atoms with Crippen molar-refractivity contribution in [3.8, 4) is 0 Å². The fourth-order valence-corrected chi connectivity index (χ4v) is 2.58. The van der Waals surface area contributed by atoms with Gasteiger partial charge in [-0.2, -0.15) is 0 Å². The maximum atomic E-state index is 3.51. The average molecular weight is 219 g/mol. The number of halogens is 1. The Bertz CT molecular complexity index is 256. The van der Waals surface area contributed by atoms with Crippen molar-refractivity contribution in [2.45, 2.75) is 13.0 Å². The van der Waals surface area contributed by atoms with Gasteiger partial charge in [-0.15, -0.1) is 23.7 Å². The first-order valence-electron chi connectivity index (χ1n) is 4.36. The second-order valence-electron chi connectivity index (χ2n) is 3.18. The van der Waals surface area contributed by atoms with Crippen molar-refractivity contribution in [3.63, 3.8) is 0 Å². The van der Waals surface area contributed by atoms with Gasteiger partial charge in [0.15, 0.2) is 0 Å². The van der Waals surface area contributed by atoms with Crippen molar-refractivity contribution in [1.29, 1.82) is 0 Å². The molecule has 2 rings (SSSR count). The highest BCUT2D eigenvalue weighted by atomic mass is 35.5. The molecule has 2 N–H and O–H groups in total. The monoisotopic (exact) mass is 218 g/mol. The summed E-state index contributed by atoms with van der Waals surface area (Å²) in [5.74, 6) is 0. The number of hydrogen-bond acceptors (Lipinski definition) is 3. The summed E-state index contributed by atoms with van der Waals surface area (Å²) < 4.78 is 0. The lowest BCUT2D eigenvalue weighted by molar-refractivity contribution is 0.434. The summed E-state index contributed by atoms with van der Waals surface area (Å²) in [5.41, 5.74) is 1.42. The van der Waals surface area contributed by atoms with E-state index in [0.29, 0.717) is 6.04 Å². The molecule has 2 nitrogen and oxygen atoms in total. The topological polar surface area (TPSA) is 24.1 Å². The number of aryl methyl sites for hydroxylation is 1. The van der Waals surface area contributed by atoms with Gasteiger partial charge < -0.3 is 10.6 Å². The molecule has 0 amide bonds. The van der Waals surface area contributed by atoms with Gasteiger partial charge in [-0.05, 0) is 23.9 Å². The molecule has 0 spiro atoms. The molecule has 1 aliphatic rings. The van der Waals surface area contributed by atoms with Gasteiger partial charge in [0.1, 0.15) is 0 Å². The van der Waals surface area contributed by atoms with Crippen LogP contribution in [-0.4, -0.2) is 19.6 Å². The van der Waals surface area contributed by atoms with E-state index in [9.17, 15) is 0 Å². The largest absolute Gasteiger partial charge is 0.314 e. The fourth-order valence-electron chi connectivity index (χ4n) is 1.58. The summed E-state index contributed by atoms with van der Waals surface area (Å²) in [6.45, 7) is 5.44. The molecule has 1 aromatic heterocycles. The predicted octanol–water partition coefficient (Wildman–Crippen LogP) is 1.71. The Kier molecular flexibility index (Phi) is 4.19. The van der Waals surface area contributed by atoms with Crippen molar-refractivity contribution in [1.82, 2.24) is 10.6 Å². The van der Waals surface area contributed by atoms with Crippen LogP contribution in [0.3, 0.4) is 0 Å². The van der Waals surface area contributed by atoms with E-state index in [-0.39, 0.29) is 12.4 Å². The number of nitrogens with one attached hydrogen (secondary N) is 2. The Balaban J connectivity index is 0.000000845. The van der Waals surface area contributed by atoms with Gasteiger partial charge in [0, 0.05) is 24.5 Å². The molecule has 0 aromatic carbocycles. The molecule has 13 heavy (non-hydrogen) atoms. The second kappa shape index (κ2) is 4.96. The molecule has 0 saturated carbocycles. The number of piperazine rings is 1. The van der Waals surface area contributed by atoms with Crippen molar-refractivity contribution >= 4 is 23.7 Å². The first-order chi connectivity index (χ1) is 5.88. The van der Waals surface area contributed by atoms with Crippen LogP contribution in [0.2, 0.25) is 0 Å². The number of rotatable bonds is 1. The fraction of sp³-hybridized carbons (Fsp3) is 0.556. The van der Waals surface area contributed by atoms with Gasteiger partial charge >= 0.3 is 0 Å². The number of thiophene rings is 1. The van der Waals surface area contributed by atoms with Crippen LogP contribution in [0.1, 0.15) is 16.5 Å². The molecular weight excluding hydrogens is 204 g/mol. The van der Waals surface area contributed by atoms with E-state index in [1.54, 1.807) is 0 Å². The summed E-state index contributed by atoms with van der Waals surface area (Å²) in [5, 5.41) is 9.07. The van der Waals surface area contributed by atoms with E-state index >= 15 is 0 Å². The zero-order valence-electron chi connectivity index (χ0n) is 7.67. The lowest BCUT2D eigenvalue weighted by Crippen LogP contribution is -2.42. The molecule has 0 radical (unpaired) electrons. The zero-order valence-corrected chi connectivity index (χ0v) is 9.30. The third-order valence-corrected chi connectivity index (χ3v) is 3.39. The Morgan fingerprint density at radius 2 is 2.31 bits per heavy atom. The van der Waals surface area contributed by atoms with Crippen molar-refractivity contribution in [2.75, 3.05) is 19.6 Å². The van der Waals surface area contributed by atoms with Crippen LogP contribution >= 0.6 is 23.7 Å². The minimum Gasteiger partial charge on any atom is -0.314 e. The molecule has 1 saturated heterocycles. The van der Waals surface area contributed by atoms with Gasteiger partial charge in [0.2, 0.25) is 0 Å². The maximum absolute atomic E-state index is 3.51. The maximum Gasteiger partial charge on any atom is 0.0544 e. The smallest absolute Gasteiger partial charge is 0.0544 e. The normalized spacial score (nSPS) is 22.4. The molecule has 1 atom stereocenters. The van der Waals surface area contributed by atoms with E-state index in [0.717, 1.165) is 19.6 Å². The third kappa shape index (κ3) is 2.44. The number of hydrogen-bond donors (Lipinski definition) is 2. The van der Waals surface area contributed by atoms with Gasteiger partial charge in [0.25, 0.3) is 0 Å². The second-order valence-corrected chi connectivity index (χ2v) is 4.13. The third-order valence-electron chi connectivity index (χ3n) is 2.26. The highest BCUT2D eigenvalue weighted by Crippen LogP contribution is 2.23. The van der Waals surface area contributed by atoms with Crippen LogP contribution in [0.4, 0.5) is 0 Å². The van der Waals surface area contributed by atoms with Gasteiger partial charge in [0.05, 0.1) is 6.04 Å². The molecule has 1 aromatic rings. The minimum absolute atomic E-state index is 0. The Morgan fingerprint density at radius 3 is 2.85 bits per heavy atom. The van der Waals surface area contributed by atoms with E-state index < -0.39 is 0 Å². The van der Waals surface area contributed by atoms with Gasteiger partial charge in [-0.3, -0.25) is 0 Å². The molecule has 0 aliphatic carbocycles. The van der Waals surface area contributed by atoms with Crippen LogP contribution in [0.15, 0.2) is 11.4 Å². The zero-order chi connectivity index (χ0) is 8.39. The van der Waals surface area contributed by atoms with E-state index in [1.807, 2.05) is 11.3 Å². The van der Waals surface area contributed by atoms with E-state index in [1.165, 1.54) is 10.4 Å². The van der Waals surface area contributed by atoms with Crippen LogP contribution < -0.4 is 10.6 Å². The lowest BCUT2D eigenvalue weighted by atomic mass is 10.1. The first-order valence-corrected chi connectivity index (χ1v) is 5.24. The Labute approximate surface area is 89.1 Å². The average Bonchev–Trinajstić information content (AvgIpc) is 2.53. The lowest BCUT2D eigenvalue weighted by Gasteiger charge is -2.24. The van der Waals surface area contributed by atoms with E-state index in [2.05, 4.69) is 29.0 Å². The molecule has 1 aliphatic heterocycles. The summed E-state index contributed by atoms with van der Waals surface area (Å²) in [6, 6.07) is 2.73. The quantitative estimate of drug-likeness (QED) is 0.750. The predicted molar refractivity (Wildman–Crippen MR) is 59.9 cm³/mol. The van der Waals surface area contributed by atoms with Gasteiger partial charge in [-0.25, -0.2) is 0 Å². The molecule has 4 heteroatoms. The SMILES string of the molecule is Cc1ccsc1[C@H]1CNCCN1.Cl. The van der Waals surface area contributed by atoms with Crippen molar-refractivity contribution < 1.29 is 0 Å². The van der Waals surface area contributed by atoms with Crippen molar-refractivity contribution in [2.24, 2.45) is 0 Å². The van der Waals surface area contributed by atoms with Crippen LogP contribution in [0, 0.1) is 6.92 Å². The Hall–Kier alpha value is -0.0900. The molecule has 74 valence electrons. The van der Waals surface area contributed by atoms with Gasteiger partial charge in [-0.1, -0.05) is 0 Å². The molecule has 2 heterocycles. The summed E-state index contributed by atoms with van der Waals surface area (Å²) in [4.78, 5) is 1.49. The van der Waals surface area contributed by atoms with Crippen LogP contribution in [-0.2, 0) is 0 Å². The van der Waals surface area contributed by atoms with Crippen LogP contribution in [0.25, 0.3) is 0 Å². The minimum atomic E-state index is 0. The van der Waals surface area contributed by atoms with Crippen molar-refractivity contribution in [3.05, 3.63) is 21.9 Å². The molecule has 0 bridgehead atoms.